The summed E-state index contributed by atoms with van der Waals surface area (Å²) in [5.41, 5.74) is 0.407. The Morgan fingerprint density at radius 3 is 2.32 bits per heavy atom. The number of hydrogen-bond donors (Lipinski definition) is 0. The molecule has 0 spiro atoms. The van der Waals surface area contributed by atoms with Gasteiger partial charge in [0, 0.05) is 6.07 Å². The number of hydroxylamine groups is 2. The van der Waals surface area contributed by atoms with Crippen LogP contribution in [0, 0.1) is 5.82 Å². The van der Waals surface area contributed by atoms with Crippen molar-refractivity contribution in [3.8, 4) is 5.75 Å². The SMILES string of the molecule is O=C(CCCOc1cccc(F)c1)ON1C(=O)c2ccccc2C1=O. The molecule has 0 atom stereocenters. The summed E-state index contributed by atoms with van der Waals surface area (Å²) < 4.78 is 18.3. The van der Waals surface area contributed by atoms with E-state index in [0.29, 0.717) is 17.2 Å². The van der Waals surface area contributed by atoms with E-state index in [1.807, 2.05) is 0 Å². The Kier molecular flexibility index (Phi) is 4.74. The summed E-state index contributed by atoms with van der Waals surface area (Å²) in [6, 6.07) is 11.9. The minimum absolute atomic E-state index is 0.0529. The third-order valence-electron chi connectivity index (χ3n) is 3.54. The fourth-order valence-corrected chi connectivity index (χ4v) is 2.36. The van der Waals surface area contributed by atoms with E-state index in [-0.39, 0.29) is 24.2 Å². The van der Waals surface area contributed by atoms with Gasteiger partial charge in [-0.25, -0.2) is 9.18 Å². The molecule has 0 unspecified atom stereocenters. The van der Waals surface area contributed by atoms with E-state index < -0.39 is 23.6 Å². The third kappa shape index (κ3) is 3.65. The lowest BCUT2D eigenvalue weighted by molar-refractivity contribution is -0.168. The zero-order chi connectivity index (χ0) is 17.8. The van der Waals surface area contributed by atoms with Gasteiger partial charge in [-0.05, 0) is 30.7 Å². The lowest BCUT2D eigenvalue weighted by Gasteiger charge is -2.12. The van der Waals surface area contributed by atoms with Crippen LogP contribution in [0.15, 0.2) is 48.5 Å². The first kappa shape index (κ1) is 16.6. The average Bonchev–Trinajstić information content (AvgIpc) is 2.84. The molecular formula is C18H14FNO5. The van der Waals surface area contributed by atoms with Crippen molar-refractivity contribution in [2.45, 2.75) is 12.8 Å². The number of fused-ring (bicyclic) bond motifs is 1. The molecule has 0 aromatic heterocycles. The van der Waals surface area contributed by atoms with Gasteiger partial charge in [-0.2, -0.15) is 0 Å². The average molecular weight is 343 g/mol. The third-order valence-corrected chi connectivity index (χ3v) is 3.54. The molecule has 128 valence electrons. The number of imide groups is 1. The van der Waals surface area contributed by atoms with Gasteiger partial charge >= 0.3 is 5.97 Å². The normalized spacial score (nSPS) is 12.9. The minimum Gasteiger partial charge on any atom is -0.493 e. The number of carbonyl (C=O) groups is 3. The van der Waals surface area contributed by atoms with Gasteiger partial charge in [0.1, 0.15) is 11.6 Å². The van der Waals surface area contributed by atoms with E-state index in [9.17, 15) is 18.8 Å². The first-order valence-electron chi connectivity index (χ1n) is 7.63. The maximum Gasteiger partial charge on any atom is 0.333 e. The number of hydrogen-bond acceptors (Lipinski definition) is 5. The van der Waals surface area contributed by atoms with Crippen molar-refractivity contribution in [3.63, 3.8) is 0 Å². The van der Waals surface area contributed by atoms with Crippen molar-refractivity contribution in [3.05, 3.63) is 65.5 Å². The highest BCUT2D eigenvalue weighted by Crippen LogP contribution is 2.23. The van der Waals surface area contributed by atoms with Crippen LogP contribution in [0.2, 0.25) is 0 Å². The number of halogens is 1. The van der Waals surface area contributed by atoms with E-state index in [4.69, 9.17) is 9.57 Å². The Bertz CT molecular complexity index is 801. The second-order valence-corrected chi connectivity index (χ2v) is 5.32. The highest BCUT2D eigenvalue weighted by molar-refractivity contribution is 6.20. The molecule has 0 N–H and O–H groups in total. The Morgan fingerprint density at radius 1 is 1.00 bits per heavy atom. The van der Waals surface area contributed by atoms with Gasteiger partial charge in [0.05, 0.1) is 24.2 Å². The van der Waals surface area contributed by atoms with Crippen LogP contribution in [0.25, 0.3) is 0 Å². The van der Waals surface area contributed by atoms with Crippen LogP contribution < -0.4 is 4.74 Å². The molecule has 3 rings (SSSR count). The summed E-state index contributed by atoms with van der Waals surface area (Å²) in [4.78, 5) is 40.8. The first-order chi connectivity index (χ1) is 12.1. The van der Waals surface area contributed by atoms with Crippen LogP contribution in [-0.2, 0) is 9.63 Å². The molecule has 1 heterocycles. The van der Waals surface area contributed by atoms with Crippen LogP contribution in [-0.4, -0.2) is 29.5 Å². The Hall–Kier alpha value is -3.22. The molecule has 0 saturated carbocycles. The zero-order valence-corrected chi connectivity index (χ0v) is 13.1. The summed E-state index contributed by atoms with van der Waals surface area (Å²) in [7, 11) is 0. The molecule has 1 aliphatic heterocycles. The largest absolute Gasteiger partial charge is 0.493 e. The second kappa shape index (κ2) is 7.12. The molecule has 2 aromatic rings. The number of rotatable bonds is 6. The van der Waals surface area contributed by atoms with E-state index in [1.165, 1.54) is 30.3 Å². The molecule has 2 aromatic carbocycles. The van der Waals surface area contributed by atoms with Crippen LogP contribution in [0.4, 0.5) is 4.39 Å². The van der Waals surface area contributed by atoms with Gasteiger partial charge in [0.15, 0.2) is 0 Å². The van der Waals surface area contributed by atoms with Crippen LogP contribution in [0.3, 0.4) is 0 Å². The number of amides is 2. The minimum atomic E-state index is -0.725. The molecule has 25 heavy (non-hydrogen) atoms. The van der Waals surface area contributed by atoms with E-state index in [2.05, 4.69) is 0 Å². The Balaban J connectivity index is 1.47. The van der Waals surface area contributed by atoms with E-state index in [1.54, 1.807) is 18.2 Å². The number of nitrogens with zero attached hydrogens (tertiary/aromatic N) is 1. The molecule has 0 aliphatic carbocycles. The summed E-state index contributed by atoms with van der Waals surface area (Å²) in [5.74, 6) is -2.11. The molecular weight excluding hydrogens is 329 g/mol. The quantitative estimate of drug-likeness (QED) is 0.596. The number of benzene rings is 2. The number of ether oxygens (including phenoxy) is 1. The lowest BCUT2D eigenvalue weighted by Crippen LogP contribution is -2.32. The van der Waals surface area contributed by atoms with Crippen LogP contribution in [0.1, 0.15) is 33.6 Å². The first-order valence-corrected chi connectivity index (χ1v) is 7.63. The predicted octanol–water partition coefficient (Wildman–Crippen LogP) is 2.74. The van der Waals surface area contributed by atoms with Gasteiger partial charge in [-0.1, -0.05) is 23.3 Å². The second-order valence-electron chi connectivity index (χ2n) is 5.32. The maximum absolute atomic E-state index is 13.0. The summed E-state index contributed by atoms with van der Waals surface area (Å²) in [6.07, 6.45) is 0.237. The molecule has 6 nitrogen and oxygen atoms in total. The van der Waals surface area contributed by atoms with E-state index >= 15 is 0 Å². The monoisotopic (exact) mass is 343 g/mol. The van der Waals surface area contributed by atoms with Gasteiger partial charge < -0.3 is 9.57 Å². The van der Waals surface area contributed by atoms with Crippen molar-refractivity contribution in [1.29, 1.82) is 0 Å². The topological polar surface area (TPSA) is 72.9 Å². The molecule has 7 heteroatoms. The lowest BCUT2D eigenvalue weighted by atomic mass is 10.1. The van der Waals surface area contributed by atoms with Gasteiger partial charge in [-0.15, -0.1) is 0 Å². The highest BCUT2D eigenvalue weighted by Gasteiger charge is 2.38. The number of carbonyl (C=O) groups excluding carboxylic acids is 3. The van der Waals surface area contributed by atoms with Gasteiger partial charge in [0.25, 0.3) is 11.8 Å². The predicted molar refractivity (Wildman–Crippen MR) is 84.2 cm³/mol. The fraction of sp³-hybridized carbons (Fsp3) is 0.167. The van der Waals surface area contributed by atoms with Crippen molar-refractivity contribution in [2.24, 2.45) is 0 Å². The molecule has 1 aliphatic rings. The van der Waals surface area contributed by atoms with Gasteiger partial charge in [0.2, 0.25) is 0 Å². The fourth-order valence-electron chi connectivity index (χ4n) is 2.36. The molecule has 0 saturated heterocycles. The Labute approximate surface area is 142 Å². The smallest absolute Gasteiger partial charge is 0.333 e. The summed E-state index contributed by atoms with van der Waals surface area (Å²) in [6.45, 7) is 0.167. The van der Waals surface area contributed by atoms with Crippen LogP contribution >= 0.6 is 0 Å². The van der Waals surface area contributed by atoms with Crippen molar-refractivity contribution < 1.29 is 28.3 Å². The Morgan fingerprint density at radius 2 is 1.68 bits per heavy atom. The standard InChI is InChI=1S/C18H14FNO5/c19-12-5-3-6-13(11-12)24-10-4-9-16(21)25-20-17(22)14-7-1-2-8-15(14)18(20)23/h1-3,5-8,11H,4,9-10H2. The zero-order valence-electron chi connectivity index (χ0n) is 13.1. The molecule has 0 radical (unpaired) electrons. The van der Waals surface area contributed by atoms with E-state index in [0.717, 1.165) is 0 Å². The highest BCUT2D eigenvalue weighted by atomic mass is 19.1. The maximum atomic E-state index is 13.0. The van der Waals surface area contributed by atoms with Crippen LogP contribution in [0.5, 0.6) is 5.75 Å². The van der Waals surface area contributed by atoms with Crippen molar-refractivity contribution in [2.75, 3.05) is 6.61 Å². The molecule has 2 amide bonds. The van der Waals surface area contributed by atoms with Gasteiger partial charge in [-0.3, -0.25) is 9.59 Å². The van der Waals surface area contributed by atoms with Crippen molar-refractivity contribution >= 4 is 17.8 Å². The summed E-state index contributed by atoms with van der Waals surface area (Å²) in [5, 5.41) is 0.473. The van der Waals surface area contributed by atoms with Crippen molar-refractivity contribution in [1.82, 2.24) is 5.06 Å². The summed E-state index contributed by atoms with van der Waals surface area (Å²) >= 11 is 0. The molecule has 0 fully saturated rings. The molecule has 0 bridgehead atoms.